The van der Waals surface area contributed by atoms with Gasteiger partial charge < -0.3 is 21.2 Å². The van der Waals surface area contributed by atoms with E-state index in [0.29, 0.717) is 46.5 Å². The number of halogens is 1. The molecule has 1 saturated heterocycles. The van der Waals surface area contributed by atoms with Crippen LogP contribution in [0.15, 0.2) is 15.8 Å². The molecule has 0 unspecified atom stereocenters. The summed E-state index contributed by atoms with van der Waals surface area (Å²) in [7, 11) is 0. The Hall–Kier alpha value is -3.04. The molecule has 2 aliphatic rings. The fraction of sp³-hybridized carbons (Fsp3) is 0.526. The average Bonchev–Trinajstić information content (AvgIpc) is 3.37. The monoisotopic (exact) mass is 405 g/mol. The minimum Gasteiger partial charge on any atom is -0.465 e. The first kappa shape index (κ1) is 19.3. The van der Waals surface area contributed by atoms with E-state index < -0.39 is 23.2 Å². The van der Waals surface area contributed by atoms with Crippen molar-refractivity contribution in [2.45, 2.75) is 45.1 Å². The Morgan fingerprint density at radius 1 is 1.34 bits per heavy atom. The molecule has 0 aromatic carbocycles. The highest BCUT2D eigenvalue weighted by molar-refractivity contribution is 5.72. The van der Waals surface area contributed by atoms with Gasteiger partial charge in [0.15, 0.2) is 5.82 Å². The zero-order valence-electron chi connectivity index (χ0n) is 16.3. The predicted molar refractivity (Wildman–Crippen MR) is 106 cm³/mol. The summed E-state index contributed by atoms with van der Waals surface area (Å²) in [6.45, 7) is 4.54. The van der Waals surface area contributed by atoms with E-state index >= 15 is 4.39 Å². The molecule has 4 N–H and O–H groups in total. The molecule has 156 valence electrons. The summed E-state index contributed by atoms with van der Waals surface area (Å²) in [5.41, 5.74) is 0.466. The van der Waals surface area contributed by atoms with Gasteiger partial charge in [-0.15, -0.1) is 0 Å². The number of nitrogens with one attached hydrogen (secondary N) is 1. The number of carbonyl (C=O) groups is 1. The first-order chi connectivity index (χ1) is 13.7. The lowest BCUT2D eigenvalue weighted by atomic mass is 10.0. The molecule has 2 aromatic rings. The van der Waals surface area contributed by atoms with E-state index in [0.717, 1.165) is 23.4 Å². The summed E-state index contributed by atoms with van der Waals surface area (Å²) in [6.07, 6.45) is 2.38. The predicted octanol–water partition coefficient (Wildman–Crippen LogP) is 0.982. The SMILES string of the molecule is Cc1c(N2CC[C@@H]([C@@H](C)NC(=O)O)C2)c(F)cn2c(=O)n(N)c(=O)c(C3CC3)c12. The molecule has 1 amide bonds. The van der Waals surface area contributed by atoms with Crippen molar-refractivity contribution in [3.8, 4) is 0 Å². The van der Waals surface area contributed by atoms with Gasteiger partial charge in [-0.05, 0) is 44.9 Å². The Labute approximate surface area is 165 Å². The standard InChI is InChI=1S/C19H24FN5O4/c1-9-15(23-6-5-12(7-23)10(2)22-18(27)28)13(20)8-24-16(9)14(11-3-4-11)17(26)25(21)19(24)29/h8,10-12,22H,3-7,21H2,1-2H3,(H,27,28)/t10-,12-/m1/s1. The van der Waals surface area contributed by atoms with Crippen LogP contribution in [0.2, 0.25) is 0 Å². The largest absolute Gasteiger partial charge is 0.465 e. The van der Waals surface area contributed by atoms with Gasteiger partial charge in [-0.1, -0.05) is 0 Å². The number of nitrogens with two attached hydrogens (primary N) is 1. The van der Waals surface area contributed by atoms with Gasteiger partial charge in [-0.3, -0.25) is 9.20 Å². The van der Waals surface area contributed by atoms with Crippen LogP contribution in [0.25, 0.3) is 5.52 Å². The molecule has 0 bridgehead atoms. The van der Waals surface area contributed by atoms with Crippen LogP contribution in [0, 0.1) is 18.7 Å². The molecule has 2 aromatic heterocycles. The van der Waals surface area contributed by atoms with Crippen LogP contribution in [0.4, 0.5) is 14.9 Å². The zero-order valence-corrected chi connectivity index (χ0v) is 16.3. The molecule has 2 fully saturated rings. The Kier molecular flexibility index (Phi) is 4.51. The summed E-state index contributed by atoms with van der Waals surface area (Å²) in [5, 5.41) is 11.4. The summed E-state index contributed by atoms with van der Waals surface area (Å²) < 4.78 is 16.8. The summed E-state index contributed by atoms with van der Waals surface area (Å²) in [5.74, 6) is 5.13. The van der Waals surface area contributed by atoms with E-state index in [2.05, 4.69) is 5.32 Å². The van der Waals surface area contributed by atoms with Gasteiger partial charge in [0.05, 0.1) is 17.4 Å². The van der Waals surface area contributed by atoms with Gasteiger partial charge in [0.25, 0.3) is 5.56 Å². The van der Waals surface area contributed by atoms with E-state index in [1.807, 2.05) is 4.90 Å². The first-order valence-corrected chi connectivity index (χ1v) is 9.70. The van der Waals surface area contributed by atoms with Crippen LogP contribution in [0.5, 0.6) is 0 Å². The third kappa shape index (κ3) is 3.12. The fourth-order valence-corrected chi connectivity index (χ4v) is 4.47. The molecule has 1 saturated carbocycles. The number of hydrogen-bond donors (Lipinski definition) is 3. The van der Waals surface area contributed by atoms with Gasteiger partial charge >= 0.3 is 11.8 Å². The second-order valence-electron chi connectivity index (χ2n) is 8.05. The van der Waals surface area contributed by atoms with Crippen molar-refractivity contribution in [2.24, 2.45) is 5.92 Å². The molecule has 0 spiro atoms. The number of nitrogens with zero attached hydrogens (tertiary/aromatic N) is 3. The van der Waals surface area contributed by atoms with Crippen LogP contribution < -0.4 is 27.3 Å². The third-order valence-electron chi connectivity index (χ3n) is 6.12. The minimum absolute atomic E-state index is 0.0241. The lowest BCUT2D eigenvalue weighted by Crippen LogP contribution is -2.44. The third-order valence-corrected chi connectivity index (χ3v) is 6.12. The molecule has 1 aliphatic heterocycles. The Morgan fingerprint density at radius 3 is 2.66 bits per heavy atom. The molecule has 1 aliphatic carbocycles. The summed E-state index contributed by atoms with van der Waals surface area (Å²) in [4.78, 5) is 37.9. The van der Waals surface area contributed by atoms with E-state index in [4.69, 9.17) is 10.9 Å². The average molecular weight is 405 g/mol. The molecular weight excluding hydrogens is 381 g/mol. The molecular formula is C19H24FN5O4. The van der Waals surface area contributed by atoms with Crippen molar-refractivity contribution in [1.82, 2.24) is 14.4 Å². The number of aromatic nitrogens is 2. The molecule has 9 nitrogen and oxygen atoms in total. The number of fused-ring (bicyclic) bond motifs is 1. The Morgan fingerprint density at radius 2 is 2.03 bits per heavy atom. The fourth-order valence-electron chi connectivity index (χ4n) is 4.47. The number of rotatable bonds is 4. The van der Waals surface area contributed by atoms with Crippen molar-refractivity contribution >= 4 is 17.3 Å². The minimum atomic E-state index is -1.09. The summed E-state index contributed by atoms with van der Waals surface area (Å²) >= 11 is 0. The van der Waals surface area contributed by atoms with Crippen LogP contribution in [-0.4, -0.2) is 39.4 Å². The second kappa shape index (κ2) is 6.78. The maximum Gasteiger partial charge on any atom is 0.404 e. The molecule has 0 radical (unpaired) electrons. The van der Waals surface area contributed by atoms with Crippen molar-refractivity contribution < 1.29 is 14.3 Å². The normalized spacial score (nSPS) is 20.2. The van der Waals surface area contributed by atoms with E-state index in [1.54, 1.807) is 13.8 Å². The smallest absolute Gasteiger partial charge is 0.404 e. The van der Waals surface area contributed by atoms with Gasteiger partial charge in [0, 0.05) is 30.3 Å². The molecule has 29 heavy (non-hydrogen) atoms. The van der Waals surface area contributed by atoms with Crippen molar-refractivity contribution in [1.29, 1.82) is 0 Å². The zero-order chi connectivity index (χ0) is 21.0. The van der Waals surface area contributed by atoms with Gasteiger partial charge in [0.1, 0.15) is 0 Å². The van der Waals surface area contributed by atoms with Gasteiger partial charge in [-0.2, -0.15) is 4.68 Å². The molecule has 10 heteroatoms. The summed E-state index contributed by atoms with van der Waals surface area (Å²) in [6, 6.07) is -0.268. The first-order valence-electron chi connectivity index (χ1n) is 9.70. The van der Waals surface area contributed by atoms with E-state index in [1.165, 1.54) is 0 Å². The number of pyridine rings is 1. The van der Waals surface area contributed by atoms with E-state index in [9.17, 15) is 14.4 Å². The number of anilines is 1. The molecule has 2 atom stereocenters. The quantitative estimate of drug-likeness (QED) is 0.652. The maximum atomic E-state index is 15.1. The topological polar surface area (TPSA) is 122 Å². The number of amides is 1. The highest BCUT2D eigenvalue weighted by Crippen LogP contribution is 2.42. The van der Waals surface area contributed by atoms with Gasteiger partial charge in [0.2, 0.25) is 0 Å². The van der Waals surface area contributed by atoms with Crippen molar-refractivity contribution in [2.75, 3.05) is 23.8 Å². The van der Waals surface area contributed by atoms with Crippen molar-refractivity contribution in [3.63, 3.8) is 0 Å². The number of nitrogen functional groups attached to an aromatic ring is 1. The number of carboxylic acid groups (broad SMARTS) is 1. The lowest BCUT2D eigenvalue weighted by Gasteiger charge is -2.25. The van der Waals surface area contributed by atoms with E-state index in [-0.39, 0.29) is 17.9 Å². The van der Waals surface area contributed by atoms with Crippen LogP contribution in [0.3, 0.4) is 0 Å². The van der Waals surface area contributed by atoms with Crippen LogP contribution >= 0.6 is 0 Å². The molecule has 4 rings (SSSR count). The lowest BCUT2D eigenvalue weighted by molar-refractivity contribution is 0.186. The Balaban J connectivity index is 1.82. The number of hydrogen-bond acceptors (Lipinski definition) is 5. The maximum absolute atomic E-state index is 15.1. The number of aryl methyl sites for hydroxylation is 1. The van der Waals surface area contributed by atoms with Crippen LogP contribution in [0.1, 0.15) is 43.2 Å². The van der Waals surface area contributed by atoms with Crippen molar-refractivity contribution in [3.05, 3.63) is 44.0 Å². The van der Waals surface area contributed by atoms with Gasteiger partial charge in [-0.25, -0.2) is 14.0 Å². The second-order valence-corrected chi connectivity index (χ2v) is 8.05. The van der Waals surface area contributed by atoms with Crippen LogP contribution in [-0.2, 0) is 0 Å². The highest BCUT2D eigenvalue weighted by atomic mass is 19.1. The Bertz CT molecular complexity index is 1120. The molecule has 3 heterocycles. The highest BCUT2D eigenvalue weighted by Gasteiger charge is 2.34.